The minimum absolute atomic E-state index is 0.305. The van der Waals surface area contributed by atoms with Crippen molar-refractivity contribution in [3.63, 3.8) is 0 Å². The van der Waals surface area contributed by atoms with Gasteiger partial charge in [0.2, 0.25) is 0 Å². The maximum Gasteiger partial charge on any atom is 0.338 e. The van der Waals surface area contributed by atoms with Gasteiger partial charge in [0.15, 0.2) is 6.29 Å². The highest BCUT2D eigenvalue weighted by Crippen LogP contribution is 2.27. The van der Waals surface area contributed by atoms with Crippen LogP contribution in [0.25, 0.3) is 5.57 Å². The average molecular weight is 294 g/mol. The fraction of sp³-hybridized carbons (Fsp3) is 0.438. The highest BCUT2D eigenvalue weighted by atomic mass is 16.7. The first-order chi connectivity index (χ1) is 10.1. The lowest BCUT2D eigenvalue weighted by Gasteiger charge is -2.18. The summed E-state index contributed by atoms with van der Waals surface area (Å²) in [4.78, 5) is 11.9. The average Bonchev–Trinajstić information content (AvgIpc) is 2.49. The van der Waals surface area contributed by atoms with E-state index in [1.807, 2.05) is 19.1 Å². The van der Waals surface area contributed by atoms with Gasteiger partial charge in [0.05, 0.1) is 19.3 Å². The number of esters is 1. The number of carbonyl (C=O) groups is 1. The van der Waals surface area contributed by atoms with E-state index in [9.17, 15) is 4.79 Å². The number of hydrogen-bond acceptors (Lipinski definition) is 5. The highest BCUT2D eigenvalue weighted by molar-refractivity contribution is 6.17. The molecular weight excluding hydrogens is 272 g/mol. The molecule has 0 fully saturated rings. The highest BCUT2D eigenvalue weighted by Gasteiger charge is 2.17. The summed E-state index contributed by atoms with van der Waals surface area (Å²) in [6.07, 6.45) is 1.26. The van der Waals surface area contributed by atoms with E-state index < -0.39 is 12.3 Å². The Hall–Kier alpha value is -1.85. The van der Waals surface area contributed by atoms with Crippen LogP contribution >= 0.6 is 0 Å². The molecule has 0 aliphatic rings. The molecule has 116 valence electrons. The Bertz CT molecular complexity index is 481. The number of methoxy groups -OCH3 is 2. The predicted molar refractivity (Wildman–Crippen MR) is 80.0 cm³/mol. The SMILES string of the molecule is CCOC(C)Oc1ccccc1/C(=C/COC)C(=O)OC. The summed E-state index contributed by atoms with van der Waals surface area (Å²) in [7, 11) is 2.90. The molecule has 5 nitrogen and oxygen atoms in total. The van der Waals surface area contributed by atoms with E-state index in [4.69, 9.17) is 18.9 Å². The van der Waals surface area contributed by atoms with E-state index in [1.54, 1.807) is 32.2 Å². The molecule has 0 radical (unpaired) electrons. The molecule has 1 atom stereocenters. The Balaban J connectivity index is 3.10. The van der Waals surface area contributed by atoms with Crippen molar-refractivity contribution < 1.29 is 23.7 Å². The van der Waals surface area contributed by atoms with E-state index in [1.165, 1.54) is 7.11 Å². The zero-order valence-corrected chi connectivity index (χ0v) is 12.9. The second-order valence-electron chi connectivity index (χ2n) is 4.20. The minimum atomic E-state index is -0.438. The Morgan fingerprint density at radius 3 is 2.62 bits per heavy atom. The number of para-hydroxylation sites is 1. The van der Waals surface area contributed by atoms with Gasteiger partial charge in [-0.2, -0.15) is 0 Å². The quantitative estimate of drug-likeness (QED) is 0.419. The molecule has 1 aromatic rings. The molecule has 0 spiro atoms. The molecule has 1 aromatic carbocycles. The van der Waals surface area contributed by atoms with E-state index >= 15 is 0 Å². The molecule has 0 aliphatic heterocycles. The largest absolute Gasteiger partial charge is 0.465 e. The van der Waals surface area contributed by atoms with Crippen LogP contribution in [0.4, 0.5) is 0 Å². The molecule has 0 saturated heterocycles. The standard InChI is InChI=1S/C16H22O5/c1-5-20-12(2)21-15-9-7-6-8-13(15)14(10-11-18-3)16(17)19-4/h6-10,12H,5,11H2,1-4H3/b14-10-. The second kappa shape index (κ2) is 9.15. The van der Waals surface area contributed by atoms with Crippen LogP contribution in [0.3, 0.4) is 0 Å². The van der Waals surface area contributed by atoms with Crippen LogP contribution in [0.1, 0.15) is 19.4 Å². The van der Waals surface area contributed by atoms with Gasteiger partial charge in [-0.05, 0) is 26.0 Å². The number of hydrogen-bond donors (Lipinski definition) is 0. The van der Waals surface area contributed by atoms with E-state index in [-0.39, 0.29) is 0 Å². The summed E-state index contributed by atoms with van der Waals surface area (Å²) in [5.74, 6) is 0.123. The summed E-state index contributed by atoms with van der Waals surface area (Å²) >= 11 is 0. The lowest BCUT2D eigenvalue weighted by atomic mass is 10.0. The van der Waals surface area contributed by atoms with Crippen molar-refractivity contribution in [2.24, 2.45) is 0 Å². The van der Waals surface area contributed by atoms with E-state index in [0.29, 0.717) is 30.1 Å². The first kappa shape index (κ1) is 17.2. The van der Waals surface area contributed by atoms with Crippen LogP contribution in [0.5, 0.6) is 5.75 Å². The van der Waals surface area contributed by atoms with Crippen molar-refractivity contribution in [2.45, 2.75) is 20.1 Å². The molecule has 0 aliphatic carbocycles. The van der Waals surface area contributed by atoms with Crippen molar-refractivity contribution in [1.29, 1.82) is 0 Å². The fourth-order valence-electron chi connectivity index (χ4n) is 1.82. The van der Waals surface area contributed by atoms with Crippen LogP contribution in [-0.4, -0.2) is 39.7 Å². The zero-order chi connectivity index (χ0) is 15.7. The Morgan fingerprint density at radius 1 is 1.29 bits per heavy atom. The number of carbonyl (C=O) groups excluding carboxylic acids is 1. The maximum absolute atomic E-state index is 11.9. The van der Waals surface area contributed by atoms with E-state index in [2.05, 4.69) is 0 Å². The molecule has 1 unspecified atom stereocenters. The van der Waals surface area contributed by atoms with Crippen molar-refractivity contribution in [1.82, 2.24) is 0 Å². The van der Waals surface area contributed by atoms with Crippen LogP contribution in [0.15, 0.2) is 30.3 Å². The lowest BCUT2D eigenvalue weighted by Crippen LogP contribution is -2.17. The number of rotatable bonds is 8. The molecule has 0 bridgehead atoms. The topological polar surface area (TPSA) is 54.0 Å². The molecule has 0 N–H and O–H groups in total. The van der Waals surface area contributed by atoms with Gasteiger partial charge in [0.1, 0.15) is 5.75 Å². The summed E-state index contributed by atoms with van der Waals surface area (Å²) < 4.78 is 20.9. The van der Waals surface area contributed by atoms with Crippen LogP contribution in [-0.2, 0) is 19.0 Å². The van der Waals surface area contributed by atoms with Gasteiger partial charge in [0, 0.05) is 19.3 Å². The first-order valence-electron chi connectivity index (χ1n) is 6.79. The molecule has 1 rings (SSSR count). The molecular formula is C16H22O5. The second-order valence-corrected chi connectivity index (χ2v) is 4.20. The van der Waals surface area contributed by atoms with E-state index in [0.717, 1.165) is 0 Å². The van der Waals surface area contributed by atoms with Crippen LogP contribution in [0.2, 0.25) is 0 Å². The molecule has 0 amide bonds. The molecule has 21 heavy (non-hydrogen) atoms. The van der Waals surface area contributed by atoms with Crippen molar-refractivity contribution in [2.75, 3.05) is 27.4 Å². The summed E-state index contributed by atoms with van der Waals surface area (Å²) in [5.41, 5.74) is 1.05. The number of ether oxygens (including phenoxy) is 4. The first-order valence-corrected chi connectivity index (χ1v) is 6.79. The number of benzene rings is 1. The zero-order valence-electron chi connectivity index (χ0n) is 12.9. The monoisotopic (exact) mass is 294 g/mol. The van der Waals surface area contributed by atoms with Crippen LogP contribution in [0, 0.1) is 0 Å². The summed E-state index contributed by atoms with van der Waals surface area (Å²) in [5, 5.41) is 0. The third-order valence-corrected chi connectivity index (χ3v) is 2.73. The van der Waals surface area contributed by atoms with Gasteiger partial charge >= 0.3 is 5.97 Å². The van der Waals surface area contributed by atoms with Gasteiger partial charge in [0.25, 0.3) is 0 Å². The Morgan fingerprint density at radius 2 is 2.00 bits per heavy atom. The molecule has 0 aromatic heterocycles. The van der Waals surface area contributed by atoms with Gasteiger partial charge in [-0.15, -0.1) is 0 Å². The minimum Gasteiger partial charge on any atom is -0.465 e. The molecule has 5 heteroatoms. The van der Waals surface area contributed by atoms with Gasteiger partial charge < -0.3 is 18.9 Å². The normalized spacial score (nSPS) is 12.9. The maximum atomic E-state index is 11.9. The van der Waals surface area contributed by atoms with Gasteiger partial charge in [-0.3, -0.25) is 0 Å². The molecule has 0 saturated carbocycles. The van der Waals surface area contributed by atoms with Crippen molar-refractivity contribution in [3.05, 3.63) is 35.9 Å². The Kier molecular flexibility index (Phi) is 7.50. The predicted octanol–water partition coefficient (Wildman–Crippen LogP) is 2.65. The third kappa shape index (κ3) is 5.21. The van der Waals surface area contributed by atoms with Gasteiger partial charge in [-0.1, -0.05) is 18.2 Å². The summed E-state index contributed by atoms with van der Waals surface area (Å²) in [6, 6.07) is 7.25. The summed E-state index contributed by atoms with van der Waals surface area (Å²) in [6.45, 7) is 4.55. The molecule has 0 heterocycles. The van der Waals surface area contributed by atoms with Crippen LogP contribution < -0.4 is 4.74 Å². The van der Waals surface area contributed by atoms with Crippen molar-refractivity contribution in [3.8, 4) is 5.75 Å². The lowest BCUT2D eigenvalue weighted by molar-refractivity contribution is -0.133. The third-order valence-electron chi connectivity index (χ3n) is 2.73. The smallest absolute Gasteiger partial charge is 0.338 e. The van der Waals surface area contributed by atoms with Crippen molar-refractivity contribution >= 4 is 11.5 Å². The van der Waals surface area contributed by atoms with Gasteiger partial charge in [-0.25, -0.2) is 4.79 Å². The Labute approximate surface area is 125 Å². The fourth-order valence-corrected chi connectivity index (χ4v) is 1.82.